The van der Waals surface area contributed by atoms with Crippen LogP contribution in [-0.2, 0) is 17.9 Å². The summed E-state index contributed by atoms with van der Waals surface area (Å²) in [4.78, 5) is 0. The molecule has 0 saturated heterocycles. The lowest BCUT2D eigenvalue weighted by Crippen LogP contribution is -2.01. The molecule has 0 atom stereocenters. The third-order valence-corrected chi connectivity index (χ3v) is 3.10. The Balaban J connectivity index is 2.46. The first-order valence-corrected chi connectivity index (χ1v) is 6.32. The highest BCUT2D eigenvalue weighted by atomic mass is 16.5. The molecule has 1 aromatic carbocycles. The van der Waals surface area contributed by atoms with Gasteiger partial charge in [-0.1, -0.05) is 18.2 Å². The van der Waals surface area contributed by atoms with Gasteiger partial charge in [0.2, 0.25) is 0 Å². The molecule has 1 aromatic heterocycles. The minimum absolute atomic E-state index is 0.278. The van der Waals surface area contributed by atoms with Crippen LogP contribution < -0.4 is 0 Å². The van der Waals surface area contributed by atoms with E-state index in [0.717, 1.165) is 6.54 Å². The normalized spacial score (nSPS) is 11.6. The lowest BCUT2D eigenvalue weighted by Gasteiger charge is -2.06. The largest absolute Gasteiger partial charge is 0.374 e. The van der Waals surface area contributed by atoms with Gasteiger partial charge in [-0.15, -0.1) is 0 Å². The maximum Gasteiger partial charge on any atom is 0.0741 e. The van der Waals surface area contributed by atoms with Crippen LogP contribution in [0.2, 0.25) is 0 Å². The Kier molecular flexibility index (Phi) is 3.53. The fraction of sp³-hybridized carbons (Fsp3) is 0.467. The Morgan fingerprint density at radius 1 is 1.29 bits per heavy atom. The molecule has 0 amide bonds. The second-order valence-electron chi connectivity index (χ2n) is 4.77. The Morgan fingerprint density at radius 3 is 2.71 bits per heavy atom. The summed E-state index contributed by atoms with van der Waals surface area (Å²) in [6, 6.07) is 6.48. The van der Waals surface area contributed by atoms with Crippen LogP contribution in [0.1, 0.15) is 31.9 Å². The molecule has 17 heavy (non-hydrogen) atoms. The molecule has 2 nitrogen and oxygen atoms in total. The van der Waals surface area contributed by atoms with Crippen molar-refractivity contribution in [1.82, 2.24) is 4.57 Å². The van der Waals surface area contributed by atoms with Crippen LogP contribution in [0.4, 0.5) is 0 Å². The molecule has 0 radical (unpaired) electrons. The number of fused-ring (bicyclic) bond motifs is 1. The van der Waals surface area contributed by atoms with Gasteiger partial charge in [-0.25, -0.2) is 0 Å². The lowest BCUT2D eigenvalue weighted by atomic mass is 10.1. The van der Waals surface area contributed by atoms with Crippen LogP contribution in [-0.4, -0.2) is 10.7 Å². The SMILES string of the molecule is CCn1cc(COC(C)C)c2cccc(C)c21. The van der Waals surface area contributed by atoms with Crippen LogP contribution in [0.15, 0.2) is 24.4 Å². The first-order chi connectivity index (χ1) is 8.13. The molecule has 0 aliphatic rings. The molecule has 0 aliphatic heterocycles. The summed E-state index contributed by atoms with van der Waals surface area (Å²) in [6.45, 7) is 10.2. The smallest absolute Gasteiger partial charge is 0.0741 e. The summed E-state index contributed by atoms with van der Waals surface area (Å²) in [7, 11) is 0. The van der Waals surface area contributed by atoms with E-state index in [9.17, 15) is 0 Å². The summed E-state index contributed by atoms with van der Waals surface area (Å²) in [5.41, 5.74) is 3.97. The van der Waals surface area contributed by atoms with Gasteiger partial charge in [0.15, 0.2) is 0 Å². The third kappa shape index (κ3) is 2.37. The van der Waals surface area contributed by atoms with Gasteiger partial charge in [0.1, 0.15) is 0 Å². The number of nitrogens with zero attached hydrogens (tertiary/aromatic N) is 1. The molecule has 0 bridgehead atoms. The van der Waals surface area contributed by atoms with Crippen molar-refractivity contribution in [2.24, 2.45) is 0 Å². The van der Waals surface area contributed by atoms with Crippen molar-refractivity contribution < 1.29 is 4.74 Å². The molecule has 0 spiro atoms. The first kappa shape index (κ1) is 12.2. The zero-order chi connectivity index (χ0) is 12.4. The van der Waals surface area contributed by atoms with Gasteiger partial charge < -0.3 is 9.30 Å². The summed E-state index contributed by atoms with van der Waals surface area (Å²) in [6.07, 6.45) is 2.50. The number of aromatic nitrogens is 1. The van der Waals surface area contributed by atoms with E-state index < -0.39 is 0 Å². The van der Waals surface area contributed by atoms with Crippen molar-refractivity contribution in [2.75, 3.05) is 0 Å². The second-order valence-corrected chi connectivity index (χ2v) is 4.77. The number of aryl methyl sites for hydroxylation is 2. The summed E-state index contributed by atoms with van der Waals surface area (Å²) < 4.78 is 8.03. The van der Waals surface area contributed by atoms with Crippen molar-refractivity contribution in [3.05, 3.63) is 35.5 Å². The zero-order valence-electron chi connectivity index (χ0n) is 11.2. The van der Waals surface area contributed by atoms with E-state index in [4.69, 9.17) is 4.74 Å². The van der Waals surface area contributed by atoms with Gasteiger partial charge in [-0.05, 0) is 33.3 Å². The summed E-state index contributed by atoms with van der Waals surface area (Å²) in [5.74, 6) is 0. The van der Waals surface area contributed by atoms with Crippen molar-refractivity contribution in [1.29, 1.82) is 0 Å². The van der Waals surface area contributed by atoms with E-state index in [1.54, 1.807) is 0 Å². The van der Waals surface area contributed by atoms with E-state index in [0.29, 0.717) is 6.61 Å². The average molecular weight is 231 g/mol. The van der Waals surface area contributed by atoms with Gasteiger partial charge in [-0.3, -0.25) is 0 Å². The van der Waals surface area contributed by atoms with Crippen molar-refractivity contribution in [2.45, 2.75) is 47.0 Å². The highest BCUT2D eigenvalue weighted by Crippen LogP contribution is 2.25. The van der Waals surface area contributed by atoms with Gasteiger partial charge in [-0.2, -0.15) is 0 Å². The molecule has 0 saturated carbocycles. The lowest BCUT2D eigenvalue weighted by molar-refractivity contribution is 0.0663. The molecule has 2 heteroatoms. The Hall–Kier alpha value is -1.28. The number of ether oxygens (including phenoxy) is 1. The summed E-state index contributed by atoms with van der Waals surface area (Å²) >= 11 is 0. The van der Waals surface area contributed by atoms with E-state index in [1.165, 1.54) is 22.0 Å². The first-order valence-electron chi connectivity index (χ1n) is 6.32. The van der Waals surface area contributed by atoms with Gasteiger partial charge in [0, 0.05) is 23.7 Å². The Morgan fingerprint density at radius 2 is 2.06 bits per heavy atom. The highest BCUT2D eigenvalue weighted by Gasteiger charge is 2.09. The van der Waals surface area contributed by atoms with E-state index in [-0.39, 0.29) is 6.10 Å². The minimum Gasteiger partial charge on any atom is -0.374 e. The number of benzene rings is 1. The molecule has 92 valence electrons. The van der Waals surface area contributed by atoms with E-state index >= 15 is 0 Å². The monoisotopic (exact) mass is 231 g/mol. The fourth-order valence-corrected chi connectivity index (χ4v) is 2.24. The quantitative estimate of drug-likeness (QED) is 0.778. The molecule has 0 aliphatic carbocycles. The van der Waals surface area contributed by atoms with Crippen LogP contribution in [0.25, 0.3) is 10.9 Å². The average Bonchev–Trinajstić information content (AvgIpc) is 2.66. The topological polar surface area (TPSA) is 14.2 Å². The van der Waals surface area contributed by atoms with E-state index in [2.05, 4.69) is 56.7 Å². The van der Waals surface area contributed by atoms with Crippen molar-refractivity contribution >= 4 is 10.9 Å². The number of rotatable bonds is 4. The molecular formula is C15H21NO. The molecule has 0 unspecified atom stereocenters. The van der Waals surface area contributed by atoms with Crippen LogP contribution in [0, 0.1) is 6.92 Å². The molecule has 1 heterocycles. The molecule has 2 aromatic rings. The standard InChI is InChI=1S/C15H21NO/c1-5-16-9-13(10-17-11(2)3)14-8-6-7-12(4)15(14)16/h6-9,11H,5,10H2,1-4H3. The Labute approximate surface area is 103 Å². The maximum absolute atomic E-state index is 5.72. The number of para-hydroxylation sites is 1. The van der Waals surface area contributed by atoms with Gasteiger partial charge >= 0.3 is 0 Å². The van der Waals surface area contributed by atoms with Crippen molar-refractivity contribution in [3.8, 4) is 0 Å². The second kappa shape index (κ2) is 4.92. The minimum atomic E-state index is 0.278. The summed E-state index contributed by atoms with van der Waals surface area (Å²) in [5, 5.41) is 1.33. The maximum atomic E-state index is 5.72. The highest BCUT2D eigenvalue weighted by molar-refractivity contribution is 5.86. The van der Waals surface area contributed by atoms with Crippen LogP contribution in [0.3, 0.4) is 0 Å². The van der Waals surface area contributed by atoms with Crippen LogP contribution >= 0.6 is 0 Å². The molecular weight excluding hydrogens is 210 g/mol. The Bertz CT molecular complexity index is 511. The predicted octanol–water partition coefficient (Wildman–Crippen LogP) is 3.89. The predicted molar refractivity (Wildman–Crippen MR) is 72.3 cm³/mol. The number of hydrogen-bond acceptors (Lipinski definition) is 1. The molecule has 0 fully saturated rings. The fourth-order valence-electron chi connectivity index (χ4n) is 2.24. The van der Waals surface area contributed by atoms with Crippen molar-refractivity contribution in [3.63, 3.8) is 0 Å². The number of hydrogen-bond donors (Lipinski definition) is 0. The molecule has 2 rings (SSSR count). The van der Waals surface area contributed by atoms with E-state index in [1.807, 2.05) is 0 Å². The molecule has 0 N–H and O–H groups in total. The zero-order valence-corrected chi connectivity index (χ0v) is 11.2. The van der Waals surface area contributed by atoms with Gasteiger partial charge in [0.05, 0.1) is 18.2 Å². The van der Waals surface area contributed by atoms with Crippen LogP contribution in [0.5, 0.6) is 0 Å². The van der Waals surface area contributed by atoms with Gasteiger partial charge in [0.25, 0.3) is 0 Å². The third-order valence-electron chi connectivity index (χ3n) is 3.10.